The van der Waals surface area contributed by atoms with Crippen molar-refractivity contribution in [1.29, 1.82) is 0 Å². The lowest BCUT2D eigenvalue weighted by atomic mass is 10.0. The van der Waals surface area contributed by atoms with Crippen LogP contribution in [0.15, 0.2) is 54.1 Å². The van der Waals surface area contributed by atoms with Crippen LogP contribution in [0.25, 0.3) is 22.2 Å². The summed E-state index contributed by atoms with van der Waals surface area (Å²) < 4.78 is 14.7. The van der Waals surface area contributed by atoms with E-state index in [1.165, 1.54) is 16.7 Å². The summed E-state index contributed by atoms with van der Waals surface area (Å²) in [7, 11) is 0. The highest BCUT2D eigenvalue weighted by Gasteiger charge is 2.23. The van der Waals surface area contributed by atoms with Crippen LogP contribution in [-0.2, 0) is 6.54 Å². The molecule has 1 aliphatic rings. The molecule has 32 heavy (non-hydrogen) atoms. The molecule has 0 radical (unpaired) electrons. The third kappa shape index (κ3) is 4.25. The van der Waals surface area contributed by atoms with Crippen LogP contribution in [-0.4, -0.2) is 58.2 Å². The quantitative estimate of drug-likeness (QED) is 0.543. The molecule has 1 fully saturated rings. The zero-order valence-corrected chi connectivity index (χ0v) is 17.5. The number of piperazine rings is 1. The fourth-order valence-electron chi connectivity index (χ4n) is 3.87. The van der Waals surface area contributed by atoms with Crippen molar-refractivity contribution in [2.45, 2.75) is 6.54 Å². The summed E-state index contributed by atoms with van der Waals surface area (Å²) in [6.07, 6.45) is 2.73. The topological polar surface area (TPSA) is 99.5 Å². The van der Waals surface area contributed by atoms with Crippen LogP contribution in [0.4, 0.5) is 4.39 Å². The van der Waals surface area contributed by atoms with E-state index in [0.717, 1.165) is 32.4 Å². The Kier molecular flexibility index (Phi) is 6.29. The van der Waals surface area contributed by atoms with Crippen molar-refractivity contribution in [1.82, 2.24) is 25.1 Å². The molecule has 166 valence electrons. The lowest BCUT2D eigenvalue weighted by Gasteiger charge is -2.27. The first-order valence-electron chi connectivity index (χ1n) is 10.4. The van der Waals surface area contributed by atoms with E-state index in [2.05, 4.69) is 27.1 Å². The maximum absolute atomic E-state index is 13.3. The molecule has 0 unspecified atom stereocenters. The fourth-order valence-corrected chi connectivity index (χ4v) is 3.87. The zero-order chi connectivity index (χ0) is 22.7. The minimum absolute atomic E-state index is 0.265. The Balaban J connectivity index is 1.83. The molecule has 4 rings (SSSR count). The van der Waals surface area contributed by atoms with E-state index in [-0.39, 0.29) is 22.4 Å². The second-order valence-electron chi connectivity index (χ2n) is 7.55. The van der Waals surface area contributed by atoms with Gasteiger partial charge >= 0.3 is 0 Å². The standard InChI is InChI=1S/C23H24FN5O3/c1-2-26-22(31)19-20(30)18-13-16(15-3-5-17(24)6-4-15)14-27-21(18)29(23(19)32)12-11-28-9-7-25-8-10-28/h2-6,13-14,25,30H,1,7-12H2,(H,26,31). The van der Waals surface area contributed by atoms with E-state index in [9.17, 15) is 19.1 Å². The van der Waals surface area contributed by atoms with Gasteiger partial charge in [0.05, 0.1) is 5.39 Å². The van der Waals surface area contributed by atoms with Gasteiger partial charge in [0.25, 0.3) is 11.5 Å². The number of hydrogen-bond donors (Lipinski definition) is 3. The number of aromatic hydroxyl groups is 1. The Hall–Kier alpha value is -3.56. The molecule has 1 saturated heterocycles. The van der Waals surface area contributed by atoms with Crippen LogP contribution in [0.1, 0.15) is 10.4 Å². The highest BCUT2D eigenvalue weighted by Crippen LogP contribution is 2.30. The Bertz CT molecular complexity index is 1220. The molecule has 1 aromatic carbocycles. The zero-order valence-electron chi connectivity index (χ0n) is 17.5. The van der Waals surface area contributed by atoms with Gasteiger partial charge in [-0.3, -0.25) is 19.1 Å². The molecular weight excluding hydrogens is 413 g/mol. The van der Waals surface area contributed by atoms with Crippen LogP contribution in [0.2, 0.25) is 0 Å². The predicted octanol–water partition coefficient (Wildman–Crippen LogP) is 1.69. The van der Waals surface area contributed by atoms with Crippen molar-refractivity contribution >= 4 is 16.9 Å². The van der Waals surface area contributed by atoms with Crippen LogP contribution in [0.5, 0.6) is 5.75 Å². The summed E-state index contributed by atoms with van der Waals surface area (Å²) in [5, 5.41) is 16.8. The minimum atomic E-state index is -0.743. The van der Waals surface area contributed by atoms with Crippen molar-refractivity contribution in [3.05, 3.63) is 71.0 Å². The third-order valence-electron chi connectivity index (χ3n) is 5.56. The highest BCUT2D eigenvalue weighted by atomic mass is 19.1. The second kappa shape index (κ2) is 9.29. The van der Waals surface area contributed by atoms with Crippen LogP contribution >= 0.6 is 0 Å². The van der Waals surface area contributed by atoms with Crippen LogP contribution < -0.4 is 16.2 Å². The van der Waals surface area contributed by atoms with Gasteiger partial charge < -0.3 is 15.7 Å². The molecule has 3 heterocycles. The fraction of sp³-hybridized carbons (Fsp3) is 0.261. The maximum atomic E-state index is 13.3. The molecule has 0 aliphatic carbocycles. The van der Waals surface area contributed by atoms with Gasteiger partial charge in [-0.25, -0.2) is 9.37 Å². The first-order valence-corrected chi connectivity index (χ1v) is 10.4. The van der Waals surface area contributed by atoms with Crippen LogP contribution in [0.3, 0.4) is 0 Å². The summed E-state index contributed by atoms with van der Waals surface area (Å²) in [4.78, 5) is 32.4. The molecule has 2 aromatic heterocycles. The van der Waals surface area contributed by atoms with Crippen molar-refractivity contribution in [3.8, 4) is 16.9 Å². The molecule has 0 saturated carbocycles. The summed E-state index contributed by atoms with van der Waals surface area (Å²) in [5.74, 6) is -1.55. The van der Waals surface area contributed by atoms with Gasteiger partial charge in [-0.2, -0.15) is 0 Å². The van der Waals surface area contributed by atoms with Crippen molar-refractivity contribution < 1.29 is 14.3 Å². The Morgan fingerprint density at radius 3 is 2.62 bits per heavy atom. The summed E-state index contributed by atoms with van der Waals surface area (Å²) >= 11 is 0. The Morgan fingerprint density at radius 2 is 1.94 bits per heavy atom. The summed E-state index contributed by atoms with van der Waals surface area (Å²) in [6.45, 7) is 7.83. The molecular formula is C23H24FN5O3. The number of hydrogen-bond acceptors (Lipinski definition) is 6. The van der Waals surface area contributed by atoms with Crippen molar-refractivity contribution in [2.75, 3.05) is 32.7 Å². The molecule has 3 aromatic rings. The van der Waals surface area contributed by atoms with Gasteiger partial charge in [0.15, 0.2) is 0 Å². The molecule has 9 heteroatoms. The summed E-state index contributed by atoms with van der Waals surface area (Å²) in [6, 6.07) is 7.51. The minimum Gasteiger partial charge on any atom is -0.506 e. The van der Waals surface area contributed by atoms with Gasteiger partial charge in [-0.1, -0.05) is 18.7 Å². The number of amides is 1. The normalized spacial score (nSPS) is 14.4. The molecule has 0 bridgehead atoms. The Labute approximate surface area is 184 Å². The molecule has 1 aliphatic heterocycles. The van der Waals surface area contributed by atoms with E-state index in [4.69, 9.17) is 0 Å². The Morgan fingerprint density at radius 1 is 1.22 bits per heavy atom. The molecule has 8 nitrogen and oxygen atoms in total. The van der Waals surface area contributed by atoms with Gasteiger partial charge in [-0.05, 0) is 30.0 Å². The molecule has 3 N–H and O–H groups in total. The second-order valence-corrected chi connectivity index (χ2v) is 7.55. The smallest absolute Gasteiger partial charge is 0.268 e. The number of benzene rings is 1. The summed E-state index contributed by atoms with van der Waals surface area (Å²) in [5.41, 5.74) is 0.608. The average molecular weight is 437 g/mol. The van der Waals surface area contributed by atoms with Gasteiger partial charge in [-0.15, -0.1) is 0 Å². The third-order valence-corrected chi connectivity index (χ3v) is 5.56. The van der Waals surface area contributed by atoms with E-state index in [0.29, 0.717) is 24.2 Å². The lowest BCUT2D eigenvalue weighted by Crippen LogP contribution is -2.45. The number of rotatable bonds is 6. The monoisotopic (exact) mass is 437 g/mol. The number of carbonyl (C=O) groups is 1. The van der Waals surface area contributed by atoms with Crippen molar-refractivity contribution in [3.63, 3.8) is 0 Å². The van der Waals surface area contributed by atoms with E-state index in [1.54, 1.807) is 24.4 Å². The number of pyridine rings is 2. The van der Waals surface area contributed by atoms with Crippen molar-refractivity contribution in [2.24, 2.45) is 0 Å². The number of nitrogens with zero attached hydrogens (tertiary/aromatic N) is 3. The predicted molar refractivity (Wildman–Crippen MR) is 120 cm³/mol. The maximum Gasteiger partial charge on any atom is 0.268 e. The van der Waals surface area contributed by atoms with Gasteiger partial charge in [0.1, 0.15) is 22.8 Å². The highest BCUT2D eigenvalue weighted by molar-refractivity contribution is 6.02. The number of fused-ring (bicyclic) bond motifs is 1. The first kappa shape index (κ1) is 21.7. The number of nitrogens with one attached hydrogen (secondary N) is 2. The first-order chi connectivity index (χ1) is 15.5. The molecule has 1 amide bonds. The largest absolute Gasteiger partial charge is 0.506 e. The number of carbonyl (C=O) groups excluding carboxylic acids is 1. The van der Waals surface area contributed by atoms with Crippen LogP contribution in [0, 0.1) is 5.82 Å². The number of halogens is 1. The van der Waals surface area contributed by atoms with Gasteiger partial charge in [0, 0.05) is 51.0 Å². The lowest BCUT2D eigenvalue weighted by molar-refractivity contribution is 0.0965. The average Bonchev–Trinajstić information content (AvgIpc) is 2.80. The number of aromatic nitrogens is 2. The molecule has 0 spiro atoms. The van der Waals surface area contributed by atoms with E-state index in [1.807, 2.05) is 0 Å². The SMILES string of the molecule is C=CNC(=O)c1c(O)c2cc(-c3ccc(F)cc3)cnc2n(CCN2CCNCC2)c1=O. The molecule has 0 atom stereocenters. The van der Waals surface area contributed by atoms with Gasteiger partial charge in [0.2, 0.25) is 0 Å². The van der Waals surface area contributed by atoms with E-state index >= 15 is 0 Å². The van der Waals surface area contributed by atoms with E-state index < -0.39 is 17.2 Å².